The van der Waals surface area contributed by atoms with E-state index in [1.54, 1.807) is 20.1 Å². The number of methoxy groups -OCH3 is 1. The minimum absolute atomic E-state index is 0.280. The van der Waals surface area contributed by atoms with Crippen LogP contribution in [-0.2, 0) is 0 Å². The lowest BCUT2D eigenvalue weighted by Crippen LogP contribution is -2.01. The summed E-state index contributed by atoms with van der Waals surface area (Å²) in [5.41, 5.74) is 9.77. The maximum atomic E-state index is 13.6. The van der Waals surface area contributed by atoms with E-state index in [-0.39, 0.29) is 5.82 Å². The number of imidazole rings is 1. The first-order valence-electron chi connectivity index (χ1n) is 6.60. The molecule has 2 N–H and O–H groups in total. The summed E-state index contributed by atoms with van der Waals surface area (Å²) in [5.74, 6) is 0.863. The minimum atomic E-state index is -0.280. The molecule has 0 spiro atoms. The van der Waals surface area contributed by atoms with E-state index in [4.69, 9.17) is 10.5 Å². The Balaban J connectivity index is 2.27. The standard InChI is InChI=1S/C16H16FN3O/c1-9-7-14-13(8-12(9)17)19-16(18)20(14)11-4-5-15(21-3)10(2)6-11/h4-8H,1-3H3,(H2,18,19). The molecule has 0 saturated heterocycles. The van der Waals surface area contributed by atoms with Crippen molar-refractivity contribution in [3.63, 3.8) is 0 Å². The molecule has 0 atom stereocenters. The van der Waals surface area contributed by atoms with Crippen LogP contribution in [0.3, 0.4) is 0 Å². The van der Waals surface area contributed by atoms with Gasteiger partial charge in [-0.25, -0.2) is 9.37 Å². The van der Waals surface area contributed by atoms with Crippen molar-refractivity contribution < 1.29 is 9.13 Å². The molecule has 21 heavy (non-hydrogen) atoms. The highest BCUT2D eigenvalue weighted by molar-refractivity contribution is 5.81. The number of nitrogens with zero attached hydrogens (tertiary/aromatic N) is 2. The highest BCUT2D eigenvalue weighted by Gasteiger charge is 2.13. The van der Waals surface area contributed by atoms with Crippen molar-refractivity contribution in [3.05, 3.63) is 47.3 Å². The summed E-state index contributed by atoms with van der Waals surface area (Å²) in [6, 6.07) is 8.92. The lowest BCUT2D eigenvalue weighted by molar-refractivity contribution is 0.411. The molecule has 0 radical (unpaired) electrons. The van der Waals surface area contributed by atoms with Crippen LogP contribution in [0.2, 0.25) is 0 Å². The van der Waals surface area contributed by atoms with Gasteiger partial charge in [0.15, 0.2) is 0 Å². The van der Waals surface area contributed by atoms with Crippen LogP contribution in [0, 0.1) is 19.7 Å². The fraction of sp³-hybridized carbons (Fsp3) is 0.188. The number of aryl methyl sites for hydroxylation is 2. The Morgan fingerprint density at radius 1 is 1.14 bits per heavy atom. The van der Waals surface area contributed by atoms with Crippen molar-refractivity contribution in [1.29, 1.82) is 0 Å². The molecule has 0 saturated carbocycles. The Bertz CT molecular complexity index is 839. The summed E-state index contributed by atoms with van der Waals surface area (Å²) in [4.78, 5) is 4.23. The van der Waals surface area contributed by atoms with E-state index in [9.17, 15) is 4.39 Å². The third-order valence-electron chi connectivity index (χ3n) is 3.60. The fourth-order valence-corrected chi connectivity index (χ4v) is 2.49. The van der Waals surface area contributed by atoms with Gasteiger partial charge in [-0.2, -0.15) is 0 Å². The number of nitrogens with two attached hydrogens (primary N) is 1. The number of fused-ring (bicyclic) bond motifs is 1. The summed E-state index contributed by atoms with van der Waals surface area (Å²) in [7, 11) is 1.63. The van der Waals surface area contributed by atoms with Crippen molar-refractivity contribution in [1.82, 2.24) is 9.55 Å². The molecule has 0 fully saturated rings. The zero-order valence-electron chi connectivity index (χ0n) is 12.1. The van der Waals surface area contributed by atoms with E-state index < -0.39 is 0 Å². The van der Waals surface area contributed by atoms with Crippen LogP contribution >= 0.6 is 0 Å². The predicted molar refractivity (Wildman–Crippen MR) is 81.5 cm³/mol. The van der Waals surface area contributed by atoms with Crippen molar-refractivity contribution in [2.45, 2.75) is 13.8 Å². The average Bonchev–Trinajstić information content (AvgIpc) is 2.74. The molecule has 4 nitrogen and oxygen atoms in total. The highest BCUT2D eigenvalue weighted by Crippen LogP contribution is 2.28. The van der Waals surface area contributed by atoms with Gasteiger partial charge in [0, 0.05) is 11.8 Å². The molecule has 0 aliphatic heterocycles. The van der Waals surface area contributed by atoms with E-state index in [2.05, 4.69) is 4.98 Å². The van der Waals surface area contributed by atoms with Crippen LogP contribution < -0.4 is 10.5 Å². The SMILES string of the molecule is COc1ccc(-n2c(N)nc3cc(F)c(C)cc32)cc1C. The first-order chi connectivity index (χ1) is 10.0. The topological polar surface area (TPSA) is 53.1 Å². The van der Waals surface area contributed by atoms with E-state index in [0.717, 1.165) is 22.5 Å². The molecular weight excluding hydrogens is 269 g/mol. The number of hydrogen-bond acceptors (Lipinski definition) is 3. The number of ether oxygens (including phenoxy) is 1. The van der Waals surface area contributed by atoms with Crippen molar-refractivity contribution in [3.8, 4) is 11.4 Å². The Morgan fingerprint density at radius 2 is 1.90 bits per heavy atom. The Labute approximate surface area is 122 Å². The van der Waals surface area contributed by atoms with Gasteiger partial charge in [0.25, 0.3) is 0 Å². The van der Waals surface area contributed by atoms with Gasteiger partial charge in [-0.3, -0.25) is 4.57 Å². The lowest BCUT2D eigenvalue weighted by atomic mass is 10.1. The van der Waals surface area contributed by atoms with Gasteiger partial charge in [0.1, 0.15) is 11.6 Å². The average molecular weight is 285 g/mol. The van der Waals surface area contributed by atoms with Crippen molar-refractivity contribution in [2.24, 2.45) is 0 Å². The lowest BCUT2D eigenvalue weighted by Gasteiger charge is -2.10. The summed E-state index contributed by atoms with van der Waals surface area (Å²) in [6.07, 6.45) is 0. The Kier molecular flexibility index (Phi) is 3.05. The number of anilines is 1. The van der Waals surface area contributed by atoms with Gasteiger partial charge >= 0.3 is 0 Å². The van der Waals surface area contributed by atoms with Gasteiger partial charge in [-0.05, 0) is 49.2 Å². The molecule has 0 unspecified atom stereocenters. The number of nitrogen functional groups attached to an aromatic ring is 1. The number of benzene rings is 2. The molecular formula is C16H16FN3O. The third-order valence-corrected chi connectivity index (χ3v) is 3.60. The van der Waals surface area contributed by atoms with E-state index in [1.807, 2.05) is 29.7 Å². The molecule has 2 aromatic carbocycles. The Hall–Kier alpha value is -2.56. The maximum absolute atomic E-state index is 13.6. The highest BCUT2D eigenvalue weighted by atomic mass is 19.1. The van der Waals surface area contributed by atoms with Crippen LogP contribution in [0.4, 0.5) is 10.3 Å². The molecule has 0 aliphatic rings. The number of aromatic nitrogens is 2. The zero-order valence-corrected chi connectivity index (χ0v) is 12.1. The molecule has 0 amide bonds. The van der Waals surface area contributed by atoms with Gasteiger partial charge in [-0.15, -0.1) is 0 Å². The second kappa shape index (κ2) is 4.77. The van der Waals surface area contributed by atoms with Gasteiger partial charge in [0.2, 0.25) is 5.95 Å². The first-order valence-corrected chi connectivity index (χ1v) is 6.60. The number of rotatable bonds is 2. The fourth-order valence-electron chi connectivity index (χ4n) is 2.49. The summed E-state index contributed by atoms with van der Waals surface area (Å²) >= 11 is 0. The summed E-state index contributed by atoms with van der Waals surface area (Å²) in [6.45, 7) is 3.68. The monoisotopic (exact) mass is 285 g/mol. The van der Waals surface area contributed by atoms with Gasteiger partial charge < -0.3 is 10.5 Å². The second-order valence-corrected chi connectivity index (χ2v) is 5.05. The van der Waals surface area contributed by atoms with Crippen LogP contribution in [0.5, 0.6) is 5.75 Å². The quantitative estimate of drug-likeness (QED) is 0.785. The molecule has 3 rings (SSSR count). The van der Waals surface area contributed by atoms with Crippen LogP contribution in [0.15, 0.2) is 30.3 Å². The molecule has 108 valence electrons. The Morgan fingerprint density at radius 3 is 2.57 bits per heavy atom. The number of halogens is 1. The molecule has 5 heteroatoms. The molecule has 0 aliphatic carbocycles. The van der Waals surface area contributed by atoms with E-state index in [1.165, 1.54) is 6.07 Å². The van der Waals surface area contributed by atoms with Crippen LogP contribution in [0.1, 0.15) is 11.1 Å². The molecule has 1 heterocycles. The minimum Gasteiger partial charge on any atom is -0.496 e. The normalized spacial score (nSPS) is 11.0. The predicted octanol–water partition coefficient (Wildman–Crippen LogP) is 3.37. The third kappa shape index (κ3) is 2.11. The van der Waals surface area contributed by atoms with E-state index in [0.29, 0.717) is 17.0 Å². The van der Waals surface area contributed by atoms with Crippen LogP contribution in [-0.4, -0.2) is 16.7 Å². The molecule has 0 bridgehead atoms. The summed E-state index contributed by atoms with van der Waals surface area (Å²) in [5, 5.41) is 0. The molecule has 1 aromatic heterocycles. The van der Waals surface area contributed by atoms with Crippen LogP contribution in [0.25, 0.3) is 16.7 Å². The van der Waals surface area contributed by atoms with Gasteiger partial charge in [-0.1, -0.05) is 0 Å². The molecule has 3 aromatic rings. The largest absolute Gasteiger partial charge is 0.496 e. The smallest absolute Gasteiger partial charge is 0.205 e. The van der Waals surface area contributed by atoms with Gasteiger partial charge in [0.05, 0.1) is 18.1 Å². The first kappa shape index (κ1) is 13.4. The summed E-state index contributed by atoms with van der Waals surface area (Å²) < 4.78 is 20.7. The van der Waals surface area contributed by atoms with Crippen molar-refractivity contribution in [2.75, 3.05) is 12.8 Å². The number of hydrogen-bond donors (Lipinski definition) is 1. The van der Waals surface area contributed by atoms with Crippen molar-refractivity contribution >= 4 is 17.0 Å². The maximum Gasteiger partial charge on any atom is 0.205 e. The zero-order chi connectivity index (χ0) is 15.1. The van der Waals surface area contributed by atoms with E-state index >= 15 is 0 Å². The second-order valence-electron chi connectivity index (χ2n) is 5.05.